The lowest BCUT2D eigenvalue weighted by Gasteiger charge is -2.38. The van der Waals surface area contributed by atoms with E-state index >= 15 is 0 Å². The van der Waals surface area contributed by atoms with Crippen LogP contribution in [0.4, 0.5) is 0 Å². The minimum atomic E-state index is -0.00367. The second-order valence-electron chi connectivity index (χ2n) is 5.65. The molecule has 19 heavy (non-hydrogen) atoms. The highest BCUT2D eigenvalue weighted by Crippen LogP contribution is 2.23. The third-order valence-electron chi connectivity index (χ3n) is 4.72. The molecule has 1 amide bonds. The van der Waals surface area contributed by atoms with Gasteiger partial charge < -0.3 is 10.2 Å². The average Bonchev–Trinajstić information content (AvgIpc) is 2.47. The van der Waals surface area contributed by atoms with Crippen LogP contribution in [0.15, 0.2) is 0 Å². The molecule has 1 saturated carbocycles. The van der Waals surface area contributed by atoms with Crippen LogP contribution in [-0.2, 0) is 4.79 Å². The Labute approximate surface area is 118 Å². The van der Waals surface area contributed by atoms with Gasteiger partial charge in [0, 0.05) is 25.2 Å². The van der Waals surface area contributed by atoms with E-state index in [2.05, 4.69) is 17.3 Å². The first kappa shape index (κ1) is 16.4. The summed E-state index contributed by atoms with van der Waals surface area (Å²) in [7, 11) is 4.15. The fraction of sp³-hybridized carbons (Fsp3) is 0.933. The minimum absolute atomic E-state index is 0.00367. The third-order valence-corrected chi connectivity index (χ3v) is 4.72. The van der Waals surface area contributed by atoms with Crippen LogP contribution in [0, 0.1) is 0 Å². The molecular weight excluding hydrogens is 238 g/mol. The van der Waals surface area contributed by atoms with Crippen LogP contribution in [0.5, 0.6) is 0 Å². The molecule has 0 aliphatic heterocycles. The van der Waals surface area contributed by atoms with E-state index in [9.17, 15) is 4.79 Å². The van der Waals surface area contributed by atoms with Crippen LogP contribution in [0.25, 0.3) is 0 Å². The van der Waals surface area contributed by atoms with Crippen molar-refractivity contribution in [1.29, 1.82) is 0 Å². The summed E-state index contributed by atoms with van der Waals surface area (Å²) in [4.78, 5) is 16.6. The Morgan fingerprint density at radius 2 is 1.74 bits per heavy atom. The maximum absolute atomic E-state index is 12.4. The first-order chi connectivity index (χ1) is 9.04. The van der Waals surface area contributed by atoms with Gasteiger partial charge in [0.25, 0.3) is 0 Å². The molecule has 0 aromatic rings. The Kier molecular flexibility index (Phi) is 6.80. The summed E-state index contributed by atoms with van der Waals surface area (Å²) in [6.45, 7) is 7.75. The van der Waals surface area contributed by atoms with Gasteiger partial charge in [0.05, 0.1) is 6.04 Å². The molecule has 0 spiro atoms. The fourth-order valence-corrected chi connectivity index (χ4v) is 3.06. The lowest BCUT2D eigenvalue weighted by atomic mass is 9.90. The van der Waals surface area contributed by atoms with Gasteiger partial charge in [-0.05, 0) is 60.5 Å². The Morgan fingerprint density at radius 1 is 1.21 bits per heavy atom. The van der Waals surface area contributed by atoms with Crippen molar-refractivity contribution in [3.8, 4) is 0 Å². The molecule has 0 bridgehead atoms. The highest BCUT2D eigenvalue weighted by Gasteiger charge is 2.29. The monoisotopic (exact) mass is 269 g/mol. The molecule has 1 aliphatic carbocycles. The lowest BCUT2D eigenvalue weighted by molar-refractivity contribution is -0.136. The highest BCUT2D eigenvalue weighted by molar-refractivity contribution is 5.81. The van der Waals surface area contributed by atoms with Crippen molar-refractivity contribution < 1.29 is 4.79 Å². The van der Waals surface area contributed by atoms with Gasteiger partial charge >= 0.3 is 0 Å². The summed E-state index contributed by atoms with van der Waals surface area (Å²) in [6, 6.07) is 1.22. The smallest absolute Gasteiger partial charge is 0.239 e. The quantitative estimate of drug-likeness (QED) is 0.797. The zero-order valence-corrected chi connectivity index (χ0v) is 13.3. The van der Waals surface area contributed by atoms with Gasteiger partial charge in [-0.25, -0.2) is 0 Å². The average molecular weight is 269 g/mol. The standard InChI is InChI=1S/C15H31N3O/c1-6-18(7-2)15(19)12(3)17(5)14-10-8-13(16-4)9-11-14/h12-14,16H,6-11H2,1-5H3. The normalized spacial score (nSPS) is 25.4. The van der Waals surface area contributed by atoms with E-state index in [1.807, 2.05) is 32.7 Å². The maximum atomic E-state index is 12.4. The van der Waals surface area contributed by atoms with Crippen molar-refractivity contribution in [2.45, 2.75) is 64.6 Å². The van der Waals surface area contributed by atoms with Gasteiger partial charge in [0.1, 0.15) is 0 Å². The van der Waals surface area contributed by atoms with Crippen LogP contribution in [0.3, 0.4) is 0 Å². The summed E-state index contributed by atoms with van der Waals surface area (Å²) in [5.74, 6) is 0.267. The van der Waals surface area contributed by atoms with Gasteiger partial charge in [0.15, 0.2) is 0 Å². The number of carbonyl (C=O) groups excluding carboxylic acids is 1. The number of carbonyl (C=O) groups is 1. The summed E-state index contributed by atoms with van der Waals surface area (Å²) in [6.07, 6.45) is 4.82. The van der Waals surface area contributed by atoms with Crippen LogP contribution in [0.2, 0.25) is 0 Å². The zero-order valence-electron chi connectivity index (χ0n) is 13.3. The van der Waals surface area contributed by atoms with E-state index in [0.29, 0.717) is 12.1 Å². The molecule has 4 nitrogen and oxygen atoms in total. The van der Waals surface area contributed by atoms with Gasteiger partial charge in [-0.3, -0.25) is 9.69 Å². The summed E-state index contributed by atoms with van der Waals surface area (Å²) in [5, 5.41) is 3.36. The summed E-state index contributed by atoms with van der Waals surface area (Å²) >= 11 is 0. The van der Waals surface area contributed by atoms with Crippen LogP contribution < -0.4 is 5.32 Å². The van der Waals surface area contributed by atoms with Gasteiger partial charge in [-0.15, -0.1) is 0 Å². The van der Waals surface area contributed by atoms with E-state index in [-0.39, 0.29) is 11.9 Å². The second-order valence-corrected chi connectivity index (χ2v) is 5.65. The molecule has 0 radical (unpaired) electrons. The molecule has 1 atom stereocenters. The molecule has 0 aromatic carbocycles. The number of hydrogen-bond donors (Lipinski definition) is 1. The summed E-state index contributed by atoms with van der Waals surface area (Å²) in [5.41, 5.74) is 0. The second kappa shape index (κ2) is 7.85. The van der Waals surface area contributed by atoms with Crippen LogP contribution >= 0.6 is 0 Å². The number of hydrogen-bond acceptors (Lipinski definition) is 3. The topological polar surface area (TPSA) is 35.6 Å². The molecule has 4 heteroatoms. The van der Waals surface area contributed by atoms with E-state index in [0.717, 1.165) is 13.1 Å². The molecule has 112 valence electrons. The first-order valence-electron chi connectivity index (χ1n) is 7.73. The van der Waals surface area contributed by atoms with Crippen LogP contribution in [0.1, 0.15) is 46.5 Å². The number of nitrogens with zero attached hydrogens (tertiary/aromatic N) is 2. The van der Waals surface area contributed by atoms with Crippen LogP contribution in [-0.4, -0.2) is 61.0 Å². The largest absolute Gasteiger partial charge is 0.342 e. The van der Waals surface area contributed by atoms with E-state index in [4.69, 9.17) is 0 Å². The molecule has 1 aliphatic rings. The number of likely N-dealkylation sites (N-methyl/N-ethyl adjacent to an activating group) is 2. The Hall–Kier alpha value is -0.610. The SMILES string of the molecule is CCN(CC)C(=O)C(C)N(C)C1CCC(NC)CC1. The number of amides is 1. The van der Waals surface area contributed by atoms with Gasteiger partial charge in [-0.1, -0.05) is 0 Å². The van der Waals surface area contributed by atoms with E-state index < -0.39 is 0 Å². The molecule has 0 saturated heterocycles. The highest BCUT2D eigenvalue weighted by atomic mass is 16.2. The fourth-order valence-electron chi connectivity index (χ4n) is 3.06. The minimum Gasteiger partial charge on any atom is -0.342 e. The Bertz CT molecular complexity index is 271. The first-order valence-corrected chi connectivity index (χ1v) is 7.73. The Balaban J connectivity index is 2.52. The molecule has 1 rings (SSSR count). The van der Waals surface area contributed by atoms with Gasteiger partial charge in [0.2, 0.25) is 5.91 Å². The molecule has 1 N–H and O–H groups in total. The number of rotatable bonds is 6. The maximum Gasteiger partial charge on any atom is 0.239 e. The summed E-state index contributed by atoms with van der Waals surface area (Å²) < 4.78 is 0. The predicted molar refractivity (Wildman–Crippen MR) is 80.3 cm³/mol. The predicted octanol–water partition coefficient (Wildman–Crippen LogP) is 1.71. The van der Waals surface area contributed by atoms with Crippen molar-refractivity contribution in [2.24, 2.45) is 0 Å². The van der Waals surface area contributed by atoms with E-state index in [1.165, 1.54) is 25.7 Å². The molecule has 0 heterocycles. The van der Waals surface area contributed by atoms with Gasteiger partial charge in [-0.2, -0.15) is 0 Å². The number of nitrogens with one attached hydrogen (secondary N) is 1. The van der Waals surface area contributed by atoms with Crippen molar-refractivity contribution in [2.75, 3.05) is 27.2 Å². The third kappa shape index (κ3) is 4.18. The Morgan fingerprint density at radius 3 is 2.16 bits per heavy atom. The lowest BCUT2D eigenvalue weighted by Crippen LogP contribution is -2.50. The molecule has 1 unspecified atom stereocenters. The molecule has 1 fully saturated rings. The van der Waals surface area contributed by atoms with E-state index in [1.54, 1.807) is 0 Å². The molecule has 0 aromatic heterocycles. The van der Waals surface area contributed by atoms with Crippen molar-refractivity contribution >= 4 is 5.91 Å². The zero-order chi connectivity index (χ0) is 14.4. The van der Waals surface area contributed by atoms with Crippen molar-refractivity contribution in [3.63, 3.8) is 0 Å². The van der Waals surface area contributed by atoms with Crippen molar-refractivity contribution in [3.05, 3.63) is 0 Å². The molecular formula is C15H31N3O. The van der Waals surface area contributed by atoms with Crippen molar-refractivity contribution in [1.82, 2.24) is 15.1 Å².